The quantitative estimate of drug-likeness (QED) is 0.572. The molecule has 34 heavy (non-hydrogen) atoms. The molecule has 1 fully saturated rings. The number of thiazole rings is 1. The van der Waals surface area contributed by atoms with Crippen LogP contribution in [0.25, 0.3) is 0 Å². The Hall–Kier alpha value is -2.35. The molecule has 3 atom stereocenters. The number of amidine groups is 1. The number of aromatic nitrogens is 2. The summed E-state index contributed by atoms with van der Waals surface area (Å²) in [6.07, 6.45) is 1.79. The van der Waals surface area contributed by atoms with Crippen molar-refractivity contribution in [2.24, 2.45) is 16.6 Å². The van der Waals surface area contributed by atoms with Crippen LogP contribution in [0.2, 0.25) is 0 Å². The molecule has 0 saturated carbocycles. The Morgan fingerprint density at radius 2 is 2.24 bits per heavy atom. The summed E-state index contributed by atoms with van der Waals surface area (Å²) in [5, 5.41) is 5.56. The Morgan fingerprint density at radius 1 is 1.44 bits per heavy atom. The molecule has 2 aromatic rings. The van der Waals surface area contributed by atoms with Crippen LogP contribution >= 0.6 is 23.1 Å². The van der Waals surface area contributed by atoms with Crippen molar-refractivity contribution in [3.63, 3.8) is 0 Å². The van der Waals surface area contributed by atoms with Crippen molar-refractivity contribution in [3.05, 3.63) is 34.4 Å². The van der Waals surface area contributed by atoms with Crippen molar-refractivity contribution in [3.8, 4) is 5.75 Å². The molecular formula is C21H27F2N5O4S2. The van der Waals surface area contributed by atoms with Gasteiger partial charge in [0.25, 0.3) is 5.91 Å². The number of anilines is 1. The minimum atomic E-state index is -2.96. The molecule has 1 saturated heterocycles. The molecular weight excluding hydrogens is 488 g/mol. The van der Waals surface area contributed by atoms with E-state index < -0.39 is 23.7 Å². The first-order valence-corrected chi connectivity index (χ1v) is 11.9. The second-order valence-corrected chi connectivity index (χ2v) is 9.91. The molecule has 1 amide bonds. The van der Waals surface area contributed by atoms with E-state index in [9.17, 15) is 13.6 Å². The number of amides is 1. The van der Waals surface area contributed by atoms with Gasteiger partial charge in [-0.15, -0.1) is 11.3 Å². The van der Waals surface area contributed by atoms with Crippen molar-refractivity contribution >= 4 is 40.0 Å². The SMILES string of the molecule is C.COC[C@@]1(C)C[C@H]2CSC(N)=N[C@@]2(c2nc(NC(=O)c3ccc(OC(F)F)cn3)cs2)CO1. The van der Waals surface area contributed by atoms with Gasteiger partial charge in [0.1, 0.15) is 27.8 Å². The molecule has 13 heteroatoms. The minimum Gasteiger partial charge on any atom is -0.433 e. The number of fused-ring (bicyclic) bond motifs is 1. The number of alkyl halides is 2. The highest BCUT2D eigenvalue weighted by atomic mass is 32.2. The van der Waals surface area contributed by atoms with Crippen LogP contribution in [0.3, 0.4) is 0 Å². The standard InChI is InChI=1S/C20H23F2N5O4S2.CH4/c1-19(9-29-2)5-11-7-33-18(23)27-20(11,10-30-19)16-26-14(8-32-16)25-15(28)13-4-3-12(6-24-13)31-17(21)22;/h3-4,6,8,11,17H,5,7,9-10H2,1-2H3,(H2,23,27)(H,25,28);1H4/t11-,19+,20-;/m0./s1. The predicted molar refractivity (Wildman–Crippen MR) is 128 cm³/mol. The number of pyridine rings is 1. The summed E-state index contributed by atoms with van der Waals surface area (Å²) in [5.74, 6) is 0.573. The van der Waals surface area contributed by atoms with Gasteiger partial charge in [-0.3, -0.25) is 4.79 Å². The summed E-state index contributed by atoms with van der Waals surface area (Å²) in [6.45, 7) is -0.178. The summed E-state index contributed by atoms with van der Waals surface area (Å²) in [7, 11) is 1.65. The van der Waals surface area contributed by atoms with Gasteiger partial charge in [-0.1, -0.05) is 19.2 Å². The van der Waals surface area contributed by atoms with E-state index in [1.807, 2.05) is 6.92 Å². The molecule has 0 aromatic carbocycles. The van der Waals surface area contributed by atoms with Crippen molar-refractivity contribution in [2.45, 2.75) is 38.5 Å². The molecule has 2 aliphatic rings. The van der Waals surface area contributed by atoms with Gasteiger partial charge >= 0.3 is 6.61 Å². The summed E-state index contributed by atoms with van der Waals surface area (Å²) < 4.78 is 40.3. The Bertz CT molecular complexity index is 1040. The van der Waals surface area contributed by atoms with Gasteiger partial charge in [0, 0.05) is 24.2 Å². The molecule has 2 aliphatic heterocycles. The van der Waals surface area contributed by atoms with Crippen molar-refractivity contribution in [1.82, 2.24) is 9.97 Å². The molecule has 9 nitrogen and oxygen atoms in total. The van der Waals surface area contributed by atoms with Crippen LogP contribution in [0, 0.1) is 5.92 Å². The van der Waals surface area contributed by atoms with Crippen LogP contribution < -0.4 is 15.8 Å². The Morgan fingerprint density at radius 3 is 2.91 bits per heavy atom. The highest BCUT2D eigenvalue weighted by molar-refractivity contribution is 8.13. The van der Waals surface area contributed by atoms with Crippen LogP contribution in [-0.2, 0) is 15.0 Å². The first-order valence-electron chi connectivity index (χ1n) is 10.0. The molecule has 2 aromatic heterocycles. The monoisotopic (exact) mass is 515 g/mol. The summed E-state index contributed by atoms with van der Waals surface area (Å²) in [6, 6.07) is 2.54. The third-order valence-corrected chi connectivity index (χ3v) is 7.46. The van der Waals surface area contributed by atoms with E-state index in [0.717, 1.165) is 18.4 Å². The predicted octanol–water partition coefficient (Wildman–Crippen LogP) is 3.73. The van der Waals surface area contributed by atoms with Gasteiger partial charge in [0.15, 0.2) is 5.17 Å². The number of aliphatic imine (C=N–C) groups is 1. The fourth-order valence-corrected chi connectivity index (χ4v) is 5.93. The topological polar surface area (TPSA) is 121 Å². The molecule has 0 radical (unpaired) electrons. The lowest BCUT2D eigenvalue weighted by molar-refractivity contribution is -0.146. The number of carbonyl (C=O) groups excluding carboxylic acids is 1. The van der Waals surface area contributed by atoms with E-state index in [4.69, 9.17) is 20.2 Å². The maximum atomic E-state index is 12.5. The van der Waals surface area contributed by atoms with Gasteiger partial charge in [-0.05, 0) is 25.5 Å². The Labute approximate surface area is 204 Å². The number of nitrogens with zero attached hydrogens (tertiary/aromatic N) is 3. The zero-order chi connectivity index (χ0) is 23.6. The number of hydrogen-bond donors (Lipinski definition) is 2. The van der Waals surface area contributed by atoms with Gasteiger partial charge in [-0.2, -0.15) is 8.78 Å². The van der Waals surface area contributed by atoms with Crippen LogP contribution in [0.1, 0.15) is 36.3 Å². The highest BCUT2D eigenvalue weighted by Gasteiger charge is 2.53. The van der Waals surface area contributed by atoms with Gasteiger partial charge < -0.3 is 25.3 Å². The third kappa shape index (κ3) is 5.48. The zero-order valence-corrected chi connectivity index (χ0v) is 19.5. The van der Waals surface area contributed by atoms with Crippen LogP contribution in [-0.4, -0.2) is 59.3 Å². The normalized spacial score (nSPS) is 26.3. The lowest BCUT2D eigenvalue weighted by Gasteiger charge is -2.48. The van der Waals surface area contributed by atoms with Gasteiger partial charge in [0.05, 0.1) is 25.0 Å². The van der Waals surface area contributed by atoms with Crippen molar-refractivity contribution < 1.29 is 27.8 Å². The third-order valence-electron chi connectivity index (χ3n) is 5.50. The number of methoxy groups -OCH3 is 1. The molecule has 186 valence electrons. The minimum absolute atomic E-state index is 0. The number of carbonyl (C=O) groups is 1. The maximum absolute atomic E-state index is 12.5. The van der Waals surface area contributed by atoms with Crippen molar-refractivity contribution in [1.29, 1.82) is 0 Å². The summed E-state index contributed by atoms with van der Waals surface area (Å²) >= 11 is 2.87. The largest absolute Gasteiger partial charge is 0.433 e. The smallest absolute Gasteiger partial charge is 0.387 e. The average Bonchev–Trinajstić information content (AvgIpc) is 3.23. The van der Waals surface area contributed by atoms with Gasteiger partial charge in [0.2, 0.25) is 0 Å². The lowest BCUT2D eigenvalue weighted by Crippen LogP contribution is -2.55. The van der Waals surface area contributed by atoms with E-state index in [2.05, 4.69) is 20.0 Å². The zero-order valence-electron chi connectivity index (χ0n) is 17.9. The molecule has 0 unspecified atom stereocenters. The molecule has 0 bridgehead atoms. The number of thioether (sulfide) groups is 1. The van der Waals surface area contributed by atoms with E-state index in [-0.39, 0.29) is 24.8 Å². The van der Waals surface area contributed by atoms with Gasteiger partial charge in [-0.25, -0.2) is 15.0 Å². The number of ether oxygens (including phenoxy) is 3. The highest BCUT2D eigenvalue weighted by Crippen LogP contribution is 2.49. The summed E-state index contributed by atoms with van der Waals surface area (Å²) in [4.78, 5) is 25.8. The Kier molecular flexibility index (Phi) is 8.11. The van der Waals surface area contributed by atoms with E-state index in [1.165, 1.54) is 35.2 Å². The van der Waals surface area contributed by atoms with E-state index >= 15 is 0 Å². The maximum Gasteiger partial charge on any atom is 0.387 e. The van der Waals surface area contributed by atoms with Crippen LogP contribution in [0.15, 0.2) is 28.7 Å². The number of hydrogen-bond acceptors (Lipinski definition) is 10. The van der Waals surface area contributed by atoms with E-state index in [0.29, 0.717) is 29.2 Å². The second kappa shape index (κ2) is 10.5. The van der Waals surface area contributed by atoms with Crippen LogP contribution in [0.4, 0.5) is 14.6 Å². The molecule has 0 spiro atoms. The average molecular weight is 516 g/mol. The second-order valence-electron chi connectivity index (χ2n) is 8.01. The molecule has 0 aliphatic carbocycles. The molecule has 3 N–H and O–H groups in total. The van der Waals surface area contributed by atoms with Crippen LogP contribution in [0.5, 0.6) is 5.75 Å². The number of nitrogens with two attached hydrogens (primary N) is 1. The fraction of sp³-hybridized carbons (Fsp3) is 0.524. The summed E-state index contributed by atoms with van der Waals surface area (Å²) in [5.41, 5.74) is 4.95. The van der Waals surface area contributed by atoms with Crippen molar-refractivity contribution in [2.75, 3.05) is 31.4 Å². The number of rotatable bonds is 7. The number of halogens is 2. The Balaban J connectivity index is 0.00000324. The van der Waals surface area contributed by atoms with E-state index in [1.54, 1.807) is 12.5 Å². The molecule has 4 heterocycles. The first-order chi connectivity index (χ1) is 15.7. The fourth-order valence-electron chi connectivity index (χ4n) is 3.97. The molecule has 4 rings (SSSR count). The lowest BCUT2D eigenvalue weighted by atomic mass is 9.76. The first kappa shape index (κ1) is 26.3. The number of nitrogens with one attached hydrogen (secondary N) is 1.